The Balaban J connectivity index is 1.92. The Labute approximate surface area is 236 Å². The van der Waals surface area contributed by atoms with E-state index in [0.717, 1.165) is 5.56 Å². The lowest BCUT2D eigenvalue weighted by Crippen LogP contribution is -2.40. The maximum absolute atomic E-state index is 13.9. The second-order valence-electron chi connectivity index (χ2n) is 8.72. The summed E-state index contributed by atoms with van der Waals surface area (Å²) in [6.07, 6.45) is 1.78. The molecule has 1 aromatic heterocycles. The molecule has 0 aliphatic carbocycles. The summed E-state index contributed by atoms with van der Waals surface area (Å²) in [5.41, 5.74) is 1.96. The monoisotopic (exact) mass is 566 g/mol. The molecule has 0 amide bonds. The Morgan fingerprint density at radius 3 is 2.23 bits per heavy atom. The summed E-state index contributed by atoms with van der Waals surface area (Å²) in [7, 11) is 1.57. The van der Waals surface area contributed by atoms with E-state index in [4.69, 9.17) is 23.7 Å². The number of aromatic nitrogens is 1. The van der Waals surface area contributed by atoms with Gasteiger partial charge in [0.1, 0.15) is 0 Å². The lowest BCUT2D eigenvalue weighted by molar-refractivity contribution is -0.139. The molecular formula is C30H34N2O7S. The molecule has 0 unspecified atom stereocenters. The molecule has 1 aliphatic heterocycles. The highest BCUT2D eigenvalue weighted by Gasteiger charge is 2.34. The van der Waals surface area contributed by atoms with E-state index < -0.39 is 12.0 Å². The molecule has 0 N–H and O–H groups in total. The van der Waals surface area contributed by atoms with Crippen molar-refractivity contribution in [3.63, 3.8) is 0 Å². The summed E-state index contributed by atoms with van der Waals surface area (Å²) in [5, 5.41) is 0. The Bertz CT molecular complexity index is 1600. The van der Waals surface area contributed by atoms with Gasteiger partial charge in [0.2, 0.25) is 0 Å². The van der Waals surface area contributed by atoms with E-state index >= 15 is 0 Å². The molecule has 1 atom stereocenters. The number of carbonyl (C=O) groups excluding carboxylic acids is 1. The minimum atomic E-state index is -0.762. The molecule has 9 nitrogen and oxygen atoms in total. The van der Waals surface area contributed by atoms with Crippen LogP contribution in [-0.2, 0) is 9.53 Å². The first-order valence-electron chi connectivity index (χ1n) is 13.3. The molecule has 4 rings (SSSR count). The molecule has 0 spiro atoms. The first-order valence-corrected chi connectivity index (χ1v) is 14.1. The maximum Gasteiger partial charge on any atom is 0.338 e. The number of esters is 1. The third-order valence-electron chi connectivity index (χ3n) is 6.19. The number of methoxy groups -OCH3 is 1. The Hall–Kier alpha value is -4.05. The molecule has 2 aromatic carbocycles. The number of allylic oxidation sites excluding steroid dienone is 1. The van der Waals surface area contributed by atoms with Crippen molar-refractivity contribution < 1.29 is 28.5 Å². The van der Waals surface area contributed by atoms with Crippen LogP contribution in [0.5, 0.6) is 23.0 Å². The van der Waals surface area contributed by atoms with Crippen molar-refractivity contribution in [2.75, 3.05) is 33.5 Å². The van der Waals surface area contributed by atoms with E-state index in [1.54, 1.807) is 37.7 Å². The maximum atomic E-state index is 13.9. The summed E-state index contributed by atoms with van der Waals surface area (Å²) in [4.78, 5) is 32.3. The number of hydrogen-bond donors (Lipinski definition) is 0. The van der Waals surface area contributed by atoms with Gasteiger partial charge in [-0.3, -0.25) is 9.36 Å². The fourth-order valence-corrected chi connectivity index (χ4v) is 5.59. The predicted molar refractivity (Wildman–Crippen MR) is 153 cm³/mol. The lowest BCUT2D eigenvalue weighted by atomic mass is 9.95. The van der Waals surface area contributed by atoms with Crippen molar-refractivity contribution in [1.82, 2.24) is 4.57 Å². The van der Waals surface area contributed by atoms with Gasteiger partial charge in [0.15, 0.2) is 27.8 Å². The van der Waals surface area contributed by atoms with E-state index in [9.17, 15) is 9.59 Å². The smallest absolute Gasteiger partial charge is 0.338 e. The van der Waals surface area contributed by atoms with E-state index in [1.807, 2.05) is 51.1 Å². The second kappa shape index (κ2) is 12.9. The van der Waals surface area contributed by atoms with Crippen molar-refractivity contribution in [3.05, 3.63) is 78.5 Å². The number of carbonyl (C=O) groups is 1. The topological polar surface area (TPSA) is 97.6 Å². The van der Waals surface area contributed by atoms with Crippen LogP contribution in [0.2, 0.25) is 0 Å². The molecule has 0 radical (unpaired) electrons. The van der Waals surface area contributed by atoms with E-state index in [2.05, 4.69) is 4.99 Å². The highest BCUT2D eigenvalue weighted by molar-refractivity contribution is 7.07. The second-order valence-corrected chi connectivity index (χ2v) is 9.73. The van der Waals surface area contributed by atoms with E-state index in [0.29, 0.717) is 69.0 Å². The third kappa shape index (κ3) is 5.77. The first-order chi connectivity index (χ1) is 19.4. The minimum absolute atomic E-state index is 0.194. The number of thiazole rings is 1. The quantitative estimate of drug-likeness (QED) is 0.324. The zero-order chi connectivity index (χ0) is 28.8. The molecule has 212 valence electrons. The first kappa shape index (κ1) is 28.9. The van der Waals surface area contributed by atoms with Gasteiger partial charge in [0.25, 0.3) is 5.56 Å². The summed E-state index contributed by atoms with van der Waals surface area (Å²) in [6.45, 7) is 10.8. The van der Waals surface area contributed by atoms with Crippen LogP contribution in [0.15, 0.2) is 57.5 Å². The van der Waals surface area contributed by atoms with Crippen molar-refractivity contribution in [1.29, 1.82) is 0 Å². The molecule has 10 heteroatoms. The van der Waals surface area contributed by atoms with Crippen LogP contribution < -0.4 is 33.8 Å². The summed E-state index contributed by atoms with van der Waals surface area (Å²) in [6, 6.07) is 10.2. The molecule has 0 fully saturated rings. The lowest BCUT2D eigenvalue weighted by Gasteiger charge is -2.25. The molecular weight excluding hydrogens is 532 g/mol. The van der Waals surface area contributed by atoms with Crippen LogP contribution in [0.1, 0.15) is 51.8 Å². The molecule has 1 aliphatic rings. The number of hydrogen-bond acceptors (Lipinski definition) is 9. The van der Waals surface area contributed by atoms with Gasteiger partial charge in [0, 0.05) is 0 Å². The van der Waals surface area contributed by atoms with Gasteiger partial charge in [0.05, 0.1) is 55.4 Å². The Kier molecular flexibility index (Phi) is 9.31. The van der Waals surface area contributed by atoms with Gasteiger partial charge in [-0.2, -0.15) is 0 Å². The minimum Gasteiger partial charge on any atom is -0.493 e. The van der Waals surface area contributed by atoms with Crippen molar-refractivity contribution >= 4 is 23.4 Å². The van der Waals surface area contributed by atoms with Crippen LogP contribution >= 0.6 is 11.3 Å². The average Bonchev–Trinajstić information content (AvgIpc) is 3.24. The zero-order valence-electron chi connectivity index (χ0n) is 23.6. The van der Waals surface area contributed by atoms with Gasteiger partial charge >= 0.3 is 5.97 Å². The fraction of sp³-hybridized carbons (Fsp3) is 0.367. The summed E-state index contributed by atoms with van der Waals surface area (Å²) >= 11 is 1.25. The molecule has 0 saturated heterocycles. The summed E-state index contributed by atoms with van der Waals surface area (Å²) in [5.74, 6) is 1.79. The van der Waals surface area contributed by atoms with Crippen LogP contribution in [-0.4, -0.2) is 44.1 Å². The van der Waals surface area contributed by atoms with Crippen LogP contribution in [0, 0.1) is 0 Å². The molecule has 2 heterocycles. The normalized spacial score (nSPS) is 14.8. The predicted octanol–water partition coefficient (Wildman–Crippen LogP) is 4.00. The Morgan fingerprint density at radius 1 is 0.925 bits per heavy atom. The molecule has 3 aromatic rings. The van der Waals surface area contributed by atoms with Gasteiger partial charge in [-0.05, 0) is 76.1 Å². The molecule has 0 bridgehead atoms. The van der Waals surface area contributed by atoms with Gasteiger partial charge in [-0.15, -0.1) is 0 Å². The van der Waals surface area contributed by atoms with Crippen molar-refractivity contribution in [2.45, 2.75) is 40.7 Å². The standard InChI is InChI=1S/C30H34N2O7S/c1-7-36-21-13-11-19(15-23(21)35-6)16-25-28(33)32-27(20-12-14-22(37-8-2)24(17-20)38-9-3)26(29(34)39-10-4)18(5)31-30(32)40-25/h11-17,27H,7-10H2,1-6H3/b25-16-/t27-/m0/s1. The third-order valence-corrected chi connectivity index (χ3v) is 7.17. The van der Waals surface area contributed by atoms with Crippen LogP contribution in [0.3, 0.4) is 0 Å². The average molecular weight is 567 g/mol. The van der Waals surface area contributed by atoms with Crippen LogP contribution in [0.25, 0.3) is 6.08 Å². The highest BCUT2D eigenvalue weighted by atomic mass is 32.1. The highest BCUT2D eigenvalue weighted by Crippen LogP contribution is 2.36. The van der Waals surface area contributed by atoms with Gasteiger partial charge in [-0.25, -0.2) is 9.79 Å². The number of ether oxygens (including phenoxy) is 5. The Morgan fingerprint density at radius 2 is 1.57 bits per heavy atom. The number of nitrogens with zero attached hydrogens (tertiary/aromatic N) is 2. The number of rotatable bonds is 11. The molecule has 40 heavy (non-hydrogen) atoms. The summed E-state index contributed by atoms with van der Waals surface area (Å²) < 4.78 is 30.1. The zero-order valence-corrected chi connectivity index (χ0v) is 24.4. The SMILES string of the molecule is CCOC(=O)C1=C(C)N=c2s/c(=C\c3ccc(OCC)c(OC)c3)c(=O)n2[C@H]1c1ccc(OCC)c(OCC)c1. The molecule has 0 saturated carbocycles. The van der Waals surface area contributed by atoms with Gasteiger partial charge < -0.3 is 23.7 Å². The fourth-order valence-electron chi connectivity index (χ4n) is 4.54. The van der Waals surface area contributed by atoms with E-state index in [1.165, 1.54) is 11.3 Å². The van der Waals surface area contributed by atoms with E-state index in [-0.39, 0.29) is 12.2 Å². The largest absolute Gasteiger partial charge is 0.493 e. The van der Waals surface area contributed by atoms with Gasteiger partial charge in [-0.1, -0.05) is 23.5 Å². The van der Waals surface area contributed by atoms with Crippen LogP contribution in [0.4, 0.5) is 0 Å². The number of fused-ring (bicyclic) bond motifs is 1. The number of benzene rings is 2. The van der Waals surface area contributed by atoms with Crippen molar-refractivity contribution in [3.8, 4) is 23.0 Å². The van der Waals surface area contributed by atoms with Crippen molar-refractivity contribution in [2.24, 2.45) is 4.99 Å².